The molecular formula is C16H20O5. The maximum Gasteiger partial charge on any atom is 0.319 e. The SMILES string of the molecule is C/C=C/C=C/[C@@H]1C=C[C@@H]2OC(=O)[C@@]13[C@H]2O[C@](C)(OC)[C@@H]3O. The molecule has 0 unspecified atom stereocenters. The summed E-state index contributed by atoms with van der Waals surface area (Å²) in [6, 6.07) is 0. The van der Waals surface area contributed by atoms with E-state index in [9.17, 15) is 9.90 Å². The Morgan fingerprint density at radius 3 is 2.81 bits per heavy atom. The van der Waals surface area contributed by atoms with Crippen molar-refractivity contribution in [1.82, 2.24) is 0 Å². The van der Waals surface area contributed by atoms with Gasteiger partial charge in [-0.05, 0) is 19.9 Å². The standard InChI is InChI=1S/C16H20O5/c1-4-5-6-7-10-8-9-11-12-16(10,14(18)20-11)13(17)15(2,19-3)21-12/h4-13,17H,1-3H3/b5-4+,7-6+/t10-,11+,12+,13+,15+,16-/m1/s1. The van der Waals surface area contributed by atoms with Gasteiger partial charge in [-0.2, -0.15) is 0 Å². The van der Waals surface area contributed by atoms with Crippen molar-refractivity contribution >= 4 is 5.97 Å². The maximum atomic E-state index is 12.5. The van der Waals surface area contributed by atoms with Crippen molar-refractivity contribution in [1.29, 1.82) is 0 Å². The van der Waals surface area contributed by atoms with E-state index in [0.29, 0.717) is 0 Å². The van der Waals surface area contributed by atoms with Crippen LogP contribution in [0.5, 0.6) is 0 Å². The predicted octanol–water partition coefficient (Wildman–Crippen LogP) is 1.34. The average molecular weight is 292 g/mol. The summed E-state index contributed by atoms with van der Waals surface area (Å²) in [7, 11) is 1.47. The molecule has 21 heavy (non-hydrogen) atoms. The number of ether oxygens (including phenoxy) is 3. The summed E-state index contributed by atoms with van der Waals surface area (Å²) >= 11 is 0. The van der Waals surface area contributed by atoms with Crippen LogP contribution in [0.3, 0.4) is 0 Å². The molecule has 1 N–H and O–H groups in total. The Balaban J connectivity index is 2.07. The Morgan fingerprint density at radius 2 is 2.14 bits per heavy atom. The van der Waals surface area contributed by atoms with E-state index in [1.807, 2.05) is 43.4 Å². The second-order valence-corrected chi connectivity index (χ2v) is 5.79. The van der Waals surface area contributed by atoms with Gasteiger partial charge in [-0.25, -0.2) is 0 Å². The third-order valence-corrected chi connectivity index (χ3v) is 4.76. The molecule has 0 aromatic rings. The monoisotopic (exact) mass is 292 g/mol. The first-order chi connectivity index (χ1) is 10.0. The number of aliphatic hydroxyl groups is 1. The molecule has 5 heteroatoms. The van der Waals surface area contributed by atoms with E-state index < -0.39 is 35.5 Å². The van der Waals surface area contributed by atoms with Gasteiger partial charge >= 0.3 is 5.97 Å². The van der Waals surface area contributed by atoms with Crippen LogP contribution in [-0.2, 0) is 19.0 Å². The summed E-state index contributed by atoms with van der Waals surface area (Å²) in [5.74, 6) is -1.93. The summed E-state index contributed by atoms with van der Waals surface area (Å²) in [6.07, 6.45) is 9.17. The van der Waals surface area contributed by atoms with Gasteiger partial charge in [0.05, 0.1) is 0 Å². The van der Waals surface area contributed by atoms with Crippen molar-refractivity contribution in [3.8, 4) is 0 Å². The van der Waals surface area contributed by atoms with Gasteiger partial charge in [-0.3, -0.25) is 4.79 Å². The van der Waals surface area contributed by atoms with E-state index in [0.717, 1.165) is 0 Å². The highest BCUT2D eigenvalue weighted by Gasteiger charge is 2.75. The van der Waals surface area contributed by atoms with Gasteiger partial charge in [0.15, 0.2) is 5.79 Å². The van der Waals surface area contributed by atoms with E-state index in [1.54, 1.807) is 6.92 Å². The molecular weight excluding hydrogens is 272 g/mol. The third-order valence-electron chi connectivity index (χ3n) is 4.76. The van der Waals surface area contributed by atoms with Crippen molar-refractivity contribution in [2.75, 3.05) is 7.11 Å². The number of allylic oxidation sites excluding steroid dienone is 5. The van der Waals surface area contributed by atoms with Crippen molar-refractivity contribution in [3.63, 3.8) is 0 Å². The zero-order chi connectivity index (χ0) is 15.3. The predicted molar refractivity (Wildman–Crippen MR) is 75.2 cm³/mol. The second-order valence-electron chi connectivity index (χ2n) is 5.79. The van der Waals surface area contributed by atoms with E-state index >= 15 is 0 Å². The smallest absolute Gasteiger partial charge is 0.319 e. The van der Waals surface area contributed by atoms with Crippen LogP contribution in [0.15, 0.2) is 36.5 Å². The molecule has 0 spiro atoms. The molecule has 3 rings (SSSR count). The summed E-state index contributed by atoms with van der Waals surface area (Å²) in [5, 5.41) is 10.8. The lowest BCUT2D eigenvalue weighted by Crippen LogP contribution is -2.53. The lowest BCUT2D eigenvalue weighted by Gasteiger charge is -2.35. The molecule has 1 aliphatic carbocycles. The lowest BCUT2D eigenvalue weighted by molar-refractivity contribution is -0.242. The zero-order valence-electron chi connectivity index (χ0n) is 12.4. The van der Waals surface area contributed by atoms with Gasteiger partial charge in [-0.15, -0.1) is 0 Å². The maximum absolute atomic E-state index is 12.5. The number of methoxy groups -OCH3 is 1. The van der Waals surface area contributed by atoms with Crippen molar-refractivity contribution < 1.29 is 24.1 Å². The van der Waals surface area contributed by atoms with Gasteiger partial charge < -0.3 is 19.3 Å². The van der Waals surface area contributed by atoms with Crippen LogP contribution in [0, 0.1) is 11.3 Å². The molecule has 2 heterocycles. The highest BCUT2D eigenvalue weighted by molar-refractivity contribution is 5.84. The minimum Gasteiger partial charge on any atom is -0.455 e. The number of hydrogen-bond acceptors (Lipinski definition) is 5. The first kappa shape index (κ1) is 14.5. The molecule has 2 fully saturated rings. The number of rotatable bonds is 3. The molecule has 2 bridgehead atoms. The molecule has 6 atom stereocenters. The minimum absolute atomic E-state index is 0.295. The fourth-order valence-electron chi connectivity index (χ4n) is 3.57. The van der Waals surface area contributed by atoms with Crippen LogP contribution in [0.4, 0.5) is 0 Å². The van der Waals surface area contributed by atoms with E-state index in [2.05, 4.69) is 0 Å². The first-order valence-electron chi connectivity index (χ1n) is 7.10. The molecule has 0 amide bonds. The second kappa shape index (κ2) is 4.80. The van der Waals surface area contributed by atoms with Gasteiger partial charge in [0, 0.05) is 13.0 Å². The molecule has 0 aromatic heterocycles. The Hall–Kier alpha value is -1.43. The van der Waals surface area contributed by atoms with E-state index in [1.165, 1.54) is 7.11 Å². The Labute approximate surface area is 123 Å². The Kier molecular flexibility index (Phi) is 3.31. The average Bonchev–Trinajstić information content (AvgIpc) is 2.81. The zero-order valence-corrected chi connectivity index (χ0v) is 12.4. The van der Waals surface area contributed by atoms with Crippen molar-refractivity contribution in [2.24, 2.45) is 11.3 Å². The highest BCUT2D eigenvalue weighted by atomic mass is 16.7. The molecule has 2 saturated heterocycles. The number of esters is 1. The van der Waals surface area contributed by atoms with Crippen molar-refractivity contribution in [2.45, 2.75) is 37.9 Å². The van der Waals surface area contributed by atoms with Crippen LogP contribution < -0.4 is 0 Å². The first-order valence-corrected chi connectivity index (χ1v) is 7.10. The Morgan fingerprint density at radius 1 is 1.38 bits per heavy atom. The van der Waals surface area contributed by atoms with Crippen LogP contribution in [0.2, 0.25) is 0 Å². The molecule has 114 valence electrons. The lowest BCUT2D eigenvalue weighted by atomic mass is 9.65. The molecule has 0 saturated carbocycles. The molecule has 0 radical (unpaired) electrons. The van der Waals surface area contributed by atoms with Gasteiger partial charge in [0.2, 0.25) is 0 Å². The largest absolute Gasteiger partial charge is 0.455 e. The Bertz CT molecular complexity index is 537. The summed E-state index contributed by atoms with van der Waals surface area (Å²) in [5.41, 5.74) is -1.14. The fraction of sp³-hybridized carbons (Fsp3) is 0.562. The van der Waals surface area contributed by atoms with E-state index in [-0.39, 0.29) is 5.92 Å². The van der Waals surface area contributed by atoms with Gasteiger partial charge in [0.1, 0.15) is 23.7 Å². The number of carbonyl (C=O) groups is 1. The van der Waals surface area contributed by atoms with Crippen LogP contribution >= 0.6 is 0 Å². The molecule has 3 aliphatic rings. The number of hydrogen-bond donors (Lipinski definition) is 1. The topological polar surface area (TPSA) is 65.0 Å². The summed E-state index contributed by atoms with van der Waals surface area (Å²) in [4.78, 5) is 12.5. The quantitative estimate of drug-likeness (QED) is 0.483. The van der Waals surface area contributed by atoms with Crippen molar-refractivity contribution in [3.05, 3.63) is 36.5 Å². The molecule has 2 aliphatic heterocycles. The number of aliphatic hydroxyl groups excluding tert-OH is 1. The van der Waals surface area contributed by atoms with Gasteiger partial charge in [0.25, 0.3) is 0 Å². The van der Waals surface area contributed by atoms with E-state index in [4.69, 9.17) is 14.2 Å². The van der Waals surface area contributed by atoms with Gasteiger partial charge in [-0.1, -0.05) is 30.4 Å². The summed E-state index contributed by atoms with van der Waals surface area (Å²) < 4.78 is 16.6. The fourth-order valence-corrected chi connectivity index (χ4v) is 3.57. The van der Waals surface area contributed by atoms with Crippen LogP contribution in [0.1, 0.15) is 13.8 Å². The molecule has 0 aromatic carbocycles. The highest BCUT2D eigenvalue weighted by Crippen LogP contribution is 2.58. The van der Waals surface area contributed by atoms with Crippen LogP contribution in [0.25, 0.3) is 0 Å². The number of carbonyl (C=O) groups excluding carboxylic acids is 1. The summed E-state index contributed by atoms with van der Waals surface area (Å²) in [6.45, 7) is 3.57. The van der Waals surface area contributed by atoms with Crippen LogP contribution in [-0.4, -0.2) is 42.3 Å². The normalized spacial score (nSPS) is 48.3. The molecule has 5 nitrogen and oxygen atoms in total. The third kappa shape index (κ3) is 1.71. The minimum atomic E-state index is -1.21.